The predicted octanol–water partition coefficient (Wildman–Crippen LogP) is 1.11. The van der Waals surface area contributed by atoms with E-state index in [-0.39, 0.29) is 19.1 Å². The van der Waals surface area contributed by atoms with Gasteiger partial charge in [-0.3, -0.25) is 9.59 Å². The number of rotatable bonds is 6. The molecule has 0 aromatic heterocycles. The number of alkyl halides is 3. The maximum atomic E-state index is 12.4. The van der Waals surface area contributed by atoms with Crippen molar-refractivity contribution in [3.8, 4) is 0 Å². The van der Waals surface area contributed by atoms with E-state index in [1.807, 2.05) is 0 Å². The van der Waals surface area contributed by atoms with Crippen molar-refractivity contribution < 1.29 is 27.5 Å². The zero-order valence-corrected chi connectivity index (χ0v) is 11.0. The van der Waals surface area contributed by atoms with Crippen LogP contribution in [0.15, 0.2) is 12.3 Å². The summed E-state index contributed by atoms with van der Waals surface area (Å²) in [7, 11) is 0. The molecule has 1 heterocycles. The molecule has 114 valence electrons. The second-order valence-corrected chi connectivity index (χ2v) is 4.78. The molecule has 0 aliphatic carbocycles. The van der Waals surface area contributed by atoms with Crippen LogP contribution < -0.4 is 10.6 Å². The van der Waals surface area contributed by atoms with Crippen LogP contribution in [0.3, 0.4) is 0 Å². The highest BCUT2D eigenvalue weighted by molar-refractivity contribution is 5.80. The largest absolute Gasteiger partial charge is 0.414 e. The molecule has 20 heavy (non-hydrogen) atoms. The van der Waals surface area contributed by atoms with Gasteiger partial charge in [-0.05, 0) is 13.3 Å². The number of nitrogens with one attached hydrogen (secondary N) is 2. The molecule has 0 radical (unpaired) electrons. The second-order valence-electron chi connectivity index (χ2n) is 4.78. The molecule has 5 nitrogen and oxygen atoms in total. The fourth-order valence-corrected chi connectivity index (χ4v) is 1.91. The van der Waals surface area contributed by atoms with Crippen LogP contribution in [0.1, 0.15) is 19.8 Å². The van der Waals surface area contributed by atoms with E-state index in [9.17, 15) is 22.8 Å². The van der Waals surface area contributed by atoms with Gasteiger partial charge in [-0.25, -0.2) is 0 Å². The van der Waals surface area contributed by atoms with Crippen molar-refractivity contribution in [3.63, 3.8) is 0 Å². The first-order valence-electron chi connectivity index (χ1n) is 6.10. The number of carbonyl (C=O) groups excluding carboxylic acids is 2. The Morgan fingerprint density at radius 1 is 1.55 bits per heavy atom. The molecule has 1 rings (SSSR count). The predicted molar refractivity (Wildman–Crippen MR) is 64.5 cm³/mol. The molecule has 1 fully saturated rings. The van der Waals surface area contributed by atoms with E-state index in [2.05, 4.69) is 21.9 Å². The van der Waals surface area contributed by atoms with Gasteiger partial charge in [0.2, 0.25) is 12.3 Å². The van der Waals surface area contributed by atoms with Crippen LogP contribution in [0.2, 0.25) is 0 Å². The molecule has 2 N–H and O–H groups in total. The van der Waals surface area contributed by atoms with Gasteiger partial charge in [0.05, 0.1) is 12.5 Å². The van der Waals surface area contributed by atoms with Gasteiger partial charge in [0.15, 0.2) is 6.10 Å². The number of hydrogen-bond donors (Lipinski definition) is 2. The van der Waals surface area contributed by atoms with E-state index in [0.29, 0.717) is 18.5 Å². The van der Waals surface area contributed by atoms with Crippen LogP contribution in [0.4, 0.5) is 13.2 Å². The maximum absolute atomic E-state index is 12.4. The van der Waals surface area contributed by atoms with E-state index in [1.54, 1.807) is 6.92 Å². The summed E-state index contributed by atoms with van der Waals surface area (Å²) in [4.78, 5) is 22.0. The molecule has 0 saturated carbocycles. The van der Waals surface area contributed by atoms with E-state index >= 15 is 0 Å². The molecule has 0 aromatic carbocycles. The first kappa shape index (κ1) is 16.5. The fourth-order valence-electron chi connectivity index (χ4n) is 1.91. The van der Waals surface area contributed by atoms with Crippen LogP contribution in [-0.4, -0.2) is 37.2 Å². The molecule has 0 aromatic rings. The molecule has 1 saturated heterocycles. The second kappa shape index (κ2) is 6.74. The molecule has 2 amide bonds. The quantitative estimate of drug-likeness (QED) is 0.721. The van der Waals surface area contributed by atoms with E-state index in [1.165, 1.54) is 0 Å². The summed E-state index contributed by atoms with van der Waals surface area (Å²) in [6, 6.07) is -0.219. The van der Waals surface area contributed by atoms with E-state index in [4.69, 9.17) is 0 Å². The van der Waals surface area contributed by atoms with Crippen LogP contribution >= 0.6 is 0 Å². The molecule has 3 atom stereocenters. The number of ether oxygens (including phenoxy) is 1. The minimum absolute atomic E-state index is 0.219. The van der Waals surface area contributed by atoms with Gasteiger partial charge in [-0.15, -0.1) is 0 Å². The highest BCUT2D eigenvalue weighted by Gasteiger charge is 2.47. The fraction of sp³-hybridized carbons (Fsp3) is 0.667. The number of amides is 2. The van der Waals surface area contributed by atoms with Gasteiger partial charge in [0.25, 0.3) is 0 Å². The lowest BCUT2D eigenvalue weighted by molar-refractivity contribution is -0.206. The monoisotopic (exact) mass is 294 g/mol. The number of halogens is 3. The molecular weight excluding hydrogens is 277 g/mol. The van der Waals surface area contributed by atoms with Crippen molar-refractivity contribution in [2.24, 2.45) is 5.92 Å². The molecule has 3 unspecified atom stereocenters. The third kappa shape index (κ3) is 4.84. The Bertz CT molecular complexity index is 385. The van der Waals surface area contributed by atoms with Gasteiger partial charge in [-0.1, -0.05) is 6.58 Å². The average Bonchev–Trinajstić information content (AvgIpc) is 2.77. The maximum Gasteiger partial charge on any atom is 0.414 e. The summed E-state index contributed by atoms with van der Waals surface area (Å²) in [5, 5.41) is 4.93. The first-order valence-corrected chi connectivity index (χ1v) is 6.10. The zero-order valence-electron chi connectivity index (χ0n) is 11.0. The van der Waals surface area contributed by atoms with E-state index in [0.717, 1.165) is 0 Å². The lowest BCUT2D eigenvalue weighted by Gasteiger charge is -2.15. The number of carbonyl (C=O) groups is 2. The van der Waals surface area contributed by atoms with Crippen LogP contribution in [0, 0.1) is 5.92 Å². The van der Waals surface area contributed by atoms with Crippen molar-refractivity contribution in [2.45, 2.75) is 38.1 Å². The number of hydrogen-bond acceptors (Lipinski definition) is 3. The Balaban J connectivity index is 2.40. The van der Waals surface area contributed by atoms with Gasteiger partial charge >= 0.3 is 6.18 Å². The average molecular weight is 294 g/mol. The van der Waals surface area contributed by atoms with Gasteiger partial charge in [-0.2, -0.15) is 13.2 Å². The summed E-state index contributed by atoms with van der Waals surface area (Å²) >= 11 is 0. The molecule has 0 bridgehead atoms. The molecule has 0 spiro atoms. The highest BCUT2D eigenvalue weighted by atomic mass is 19.4. The van der Waals surface area contributed by atoms with Gasteiger partial charge in [0.1, 0.15) is 0 Å². The summed E-state index contributed by atoms with van der Waals surface area (Å²) in [5.74, 6) is -1.38. The van der Waals surface area contributed by atoms with Crippen molar-refractivity contribution in [3.05, 3.63) is 12.3 Å². The van der Waals surface area contributed by atoms with E-state index < -0.39 is 24.1 Å². The van der Waals surface area contributed by atoms with Gasteiger partial charge < -0.3 is 15.4 Å². The summed E-state index contributed by atoms with van der Waals surface area (Å²) in [5.41, 5.74) is 0.340. The topological polar surface area (TPSA) is 67.4 Å². The van der Waals surface area contributed by atoms with Crippen molar-refractivity contribution in [2.75, 3.05) is 6.61 Å². The van der Waals surface area contributed by atoms with Crippen LogP contribution in [0.5, 0.6) is 0 Å². The Hall–Kier alpha value is -1.57. The normalized spacial score (nSPS) is 24.0. The van der Waals surface area contributed by atoms with Crippen LogP contribution in [-0.2, 0) is 14.3 Å². The van der Waals surface area contributed by atoms with Crippen LogP contribution in [0.25, 0.3) is 0 Å². The van der Waals surface area contributed by atoms with Crippen molar-refractivity contribution >= 4 is 12.3 Å². The Kier molecular flexibility index (Phi) is 5.55. The minimum Gasteiger partial charge on any atom is -0.368 e. The highest BCUT2D eigenvalue weighted by Crippen LogP contribution is 2.33. The third-order valence-electron chi connectivity index (χ3n) is 2.94. The SMILES string of the molecule is C=C(CC(C)NC=O)NC(=O)C1COC(C(F)(F)F)C1. The Morgan fingerprint density at radius 2 is 2.20 bits per heavy atom. The summed E-state index contributed by atoms with van der Waals surface area (Å²) < 4.78 is 41.8. The lowest BCUT2D eigenvalue weighted by atomic mass is 10.0. The first-order chi connectivity index (χ1) is 9.24. The Labute approximate surface area is 114 Å². The standard InChI is InChI=1S/C12H17F3N2O3/c1-7(16-6-18)3-8(2)17-11(19)9-4-10(20-5-9)12(13,14)15/h6-7,9-10H,2-5H2,1H3,(H,16,18)(H,17,19). The van der Waals surface area contributed by atoms with Crippen molar-refractivity contribution in [1.82, 2.24) is 10.6 Å². The van der Waals surface area contributed by atoms with Crippen molar-refractivity contribution in [1.29, 1.82) is 0 Å². The minimum atomic E-state index is -4.45. The van der Waals surface area contributed by atoms with Gasteiger partial charge in [0, 0.05) is 18.2 Å². The molecular formula is C12H17F3N2O3. The smallest absolute Gasteiger partial charge is 0.368 e. The lowest BCUT2D eigenvalue weighted by Crippen LogP contribution is -2.34. The zero-order chi connectivity index (χ0) is 15.3. The Morgan fingerprint density at radius 3 is 2.70 bits per heavy atom. The molecule has 1 aliphatic heterocycles. The third-order valence-corrected chi connectivity index (χ3v) is 2.94. The molecule has 8 heteroatoms. The molecule has 1 aliphatic rings. The summed E-state index contributed by atoms with van der Waals surface area (Å²) in [6.07, 6.45) is -5.89. The summed E-state index contributed by atoms with van der Waals surface area (Å²) in [6.45, 7) is 5.06.